The van der Waals surface area contributed by atoms with Crippen LogP contribution in [0.4, 0.5) is 4.39 Å². The van der Waals surface area contributed by atoms with Crippen molar-refractivity contribution in [2.45, 2.75) is 18.9 Å². The number of pyridine rings is 1. The van der Waals surface area contributed by atoms with Gasteiger partial charge in [0.1, 0.15) is 11.4 Å². The first kappa shape index (κ1) is 13.7. The van der Waals surface area contributed by atoms with Crippen molar-refractivity contribution in [2.24, 2.45) is 0 Å². The van der Waals surface area contributed by atoms with Gasteiger partial charge < -0.3 is 5.11 Å². The highest BCUT2D eigenvalue weighted by atomic mass is 19.1. The molecule has 2 nitrogen and oxygen atoms in total. The fourth-order valence-corrected chi connectivity index (χ4v) is 2.80. The predicted molar refractivity (Wildman–Crippen MR) is 81.4 cm³/mol. The molecule has 0 spiro atoms. The normalized spacial score (nSPS) is 14.0. The van der Waals surface area contributed by atoms with E-state index >= 15 is 0 Å². The van der Waals surface area contributed by atoms with Gasteiger partial charge in [-0.2, -0.15) is 0 Å². The largest absolute Gasteiger partial charge is 0.380 e. The van der Waals surface area contributed by atoms with E-state index in [-0.39, 0.29) is 0 Å². The molecule has 3 aromatic rings. The number of aromatic nitrogens is 1. The van der Waals surface area contributed by atoms with Crippen molar-refractivity contribution in [3.8, 4) is 0 Å². The summed E-state index contributed by atoms with van der Waals surface area (Å²) in [6, 6.07) is 13.9. The van der Waals surface area contributed by atoms with Crippen LogP contribution < -0.4 is 0 Å². The van der Waals surface area contributed by atoms with Gasteiger partial charge in [-0.05, 0) is 29.5 Å². The Morgan fingerprint density at radius 2 is 1.81 bits per heavy atom. The monoisotopic (exact) mass is 281 g/mol. The minimum atomic E-state index is -1.37. The molecular weight excluding hydrogens is 265 g/mol. The Bertz CT molecular complexity index is 782. The molecule has 0 bridgehead atoms. The molecule has 0 aliphatic rings. The van der Waals surface area contributed by atoms with Crippen LogP contribution in [0, 0.1) is 5.82 Å². The molecule has 3 heteroatoms. The molecular formula is C18H16FNO. The van der Waals surface area contributed by atoms with E-state index in [0.29, 0.717) is 17.5 Å². The van der Waals surface area contributed by atoms with Gasteiger partial charge in [-0.15, -0.1) is 0 Å². The molecule has 106 valence electrons. The maximum absolute atomic E-state index is 14.2. The maximum atomic E-state index is 14.2. The van der Waals surface area contributed by atoms with Gasteiger partial charge in [0.15, 0.2) is 0 Å². The van der Waals surface area contributed by atoms with Crippen molar-refractivity contribution in [1.82, 2.24) is 4.98 Å². The van der Waals surface area contributed by atoms with E-state index in [1.165, 1.54) is 6.07 Å². The van der Waals surface area contributed by atoms with Crippen LogP contribution in [0.1, 0.15) is 24.5 Å². The Kier molecular flexibility index (Phi) is 3.43. The molecule has 0 amide bonds. The standard InChI is InChI=1S/C18H16FNO/c1-2-18(21,16-7-3-4-9-17(16)19)15-8-5-6-13-10-11-20-12-14(13)15/h3-12,21H,2H2,1H3. The number of rotatable bonds is 3. The van der Waals surface area contributed by atoms with E-state index < -0.39 is 11.4 Å². The molecule has 0 saturated carbocycles. The Morgan fingerprint density at radius 3 is 2.57 bits per heavy atom. The van der Waals surface area contributed by atoms with Crippen LogP contribution in [0.15, 0.2) is 60.9 Å². The Labute approximate surface area is 122 Å². The van der Waals surface area contributed by atoms with E-state index in [1.54, 1.807) is 30.6 Å². The van der Waals surface area contributed by atoms with Crippen molar-refractivity contribution in [3.05, 3.63) is 77.9 Å². The van der Waals surface area contributed by atoms with Crippen LogP contribution >= 0.6 is 0 Å². The van der Waals surface area contributed by atoms with E-state index in [2.05, 4.69) is 4.98 Å². The zero-order valence-electron chi connectivity index (χ0n) is 11.8. The van der Waals surface area contributed by atoms with Crippen molar-refractivity contribution in [2.75, 3.05) is 0 Å². The fraction of sp³-hybridized carbons (Fsp3) is 0.167. The van der Waals surface area contributed by atoms with Crippen LogP contribution in [0.3, 0.4) is 0 Å². The van der Waals surface area contributed by atoms with Crippen molar-refractivity contribution >= 4 is 10.8 Å². The van der Waals surface area contributed by atoms with Gasteiger partial charge in [-0.25, -0.2) is 4.39 Å². The zero-order chi connectivity index (χ0) is 14.9. The molecule has 3 rings (SSSR count). The second-order valence-electron chi connectivity index (χ2n) is 5.10. The number of hydrogen-bond acceptors (Lipinski definition) is 2. The van der Waals surface area contributed by atoms with Gasteiger partial charge in [-0.1, -0.05) is 43.3 Å². The minimum absolute atomic E-state index is 0.295. The lowest BCUT2D eigenvalue weighted by Gasteiger charge is -2.29. The lowest BCUT2D eigenvalue weighted by Crippen LogP contribution is -2.28. The van der Waals surface area contributed by atoms with Crippen LogP contribution in [0.25, 0.3) is 10.8 Å². The molecule has 1 atom stereocenters. The number of aliphatic hydroxyl groups is 1. The summed E-state index contributed by atoms with van der Waals surface area (Å²) in [5.74, 6) is -0.400. The number of nitrogens with zero attached hydrogens (tertiary/aromatic N) is 1. The summed E-state index contributed by atoms with van der Waals surface area (Å²) in [4.78, 5) is 4.13. The van der Waals surface area contributed by atoms with Gasteiger partial charge in [0.2, 0.25) is 0 Å². The Hall–Kier alpha value is -2.26. The van der Waals surface area contributed by atoms with Crippen molar-refractivity contribution < 1.29 is 9.50 Å². The molecule has 0 fully saturated rings. The lowest BCUT2D eigenvalue weighted by molar-refractivity contribution is 0.0741. The summed E-state index contributed by atoms with van der Waals surface area (Å²) in [5.41, 5.74) is -0.391. The van der Waals surface area contributed by atoms with E-state index in [9.17, 15) is 9.50 Å². The van der Waals surface area contributed by atoms with Gasteiger partial charge in [0, 0.05) is 23.3 Å². The first-order valence-electron chi connectivity index (χ1n) is 6.97. The lowest BCUT2D eigenvalue weighted by atomic mass is 9.82. The summed E-state index contributed by atoms with van der Waals surface area (Å²) >= 11 is 0. The third kappa shape index (κ3) is 2.20. The second kappa shape index (κ2) is 5.26. The molecule has 1 aromatic heterocycles. The maximum Gasteiger partial charge on any atom is 0.129 e. The first-order chi connectivity index (χ1) is 10.2. The SMILES string of the molecule is CCC(O)(c1ccccc1F)c1cccc2ccncc12. The number of halogens is 1. The van der Waals surface area contributed by atoms with Crippen molar-refractivity contribution in [3.63, 3.8) is 0 Å². The van der Waals surface area contributed by atoms with Crippen LogP contribution in [0.2, 0.25) is 0 Å². The number of benzene rings is 2. The predicted octanol–water partition coefficient (Wildman–Crippen LogP) is 4.02. The topological polar surface area (TPSA) is 33.1 Å². The second-order valence-corrected chi connectivity index (χ2v) is 5.10. The smallest absolute Gasteiger partial charge is 0.129 e. The Balaban J connectivity index is 2.30. The Morgan fingerprint density at radius 1 is 1.05 bits per heavy atom. The fourth-order valence-electron chi connectivity index (χ4n) is 2.80. The molecule has 1 heterocycles. The van der Waals surface area contributed by atoms with Gasteiger partial charge in [-0.3, -0.25) is 4.98 Å². The average molecular weight is 281 g/mol. The summed E-state index contributed by atoms with van der Waals surface area (Å²) < 4.78 is 14.2. The van der Waals surface area contributed by atoms with Gasteiger partial charge >= 0.3 is 0 Å². The quantitative estimate of drug-likeness (QED) is 0.786. The molecule has 21 heavy (non-hydrogen) atoms. The van der Waals surface area contributed by atoms with Gasteiger partial charge in [0.05, 0.1) is 0 Å². The van der Waals surface area contributed by atoms with Crippen LogP contribution in [-0.2, 0) is 5.60 Å². The molecule has 1 N–H and O–H groups in total. The molecule has 0 saturated heterocycles. The molecule has 1 unspecified atom stereocenters. The summed E-state index contributed by atoms with van der Waals surface area (Å²) in [6.07, 6.45) is 3.80. The minimum Gasteiger partial charge on any atom is -0.380 e. The van der Waals surface area contributed by atoms with Crippen LogP contribution in [0.5, 0.6) is 0 Å². The summed E-state index contributed by atoms with van der Waals surface area (Å²) in [7, 11) is 0. The third-order valence-corrected chi connectivity index (χ3v) is 3.96. The number of fused-ring (bicyclic) bond motifs is 1. The average Bonchev–Trinajstić information content (AvgIpc) is 2.54. The van der Waals surface area contributed by atoms with Crippen molar-refractivity contribution in [1.29, 1.82) is 0 Å². The molecule has 0 radical (unpaired) electrons. The molecule has 0 aliphatic carbocycles. The van der Waals surface area contributed by atoms with E-state index in [1.807, 2.05) is 31.2 Å². The summed E-state index contributed by atoms with van der Waals surface area (Å²) in [6.45, 7) is 1.85. The number of hydrogen-bond donors (Lipinski definition) is 1. The third-order valence-electron chi connectivity index (χ3n) is 3.96. The van der Waals surface area contributed by atoms with E-state index in [0.717, 1.165) is 10.8 Å². The molecule has 0 aliphatic heterocycles. The van der Waals surface area contributed by atoms with E-state index in [4.69, 9.17) is 0 Å². The zero-order valence-corrected chi connectivity index (χ0v) is 11.8. The van der Waals surface area contributed by atoms with Gasteiger partial charge in [0.25, 0.3) is 0 Å². The highest BCUT2D eigenvalue weighted by Gasteiger charge is 2.33. The highest BCUT2D eigenvalue weighted by molar-refractivity contribution is 5.86. The molecule has 2 aromatic carbocycles. The first-order valence-corrected chi connectivity index (χ1v) is 6.97. The summed E-state index contributed by atoms with van der Waals surface area (Å²) in [5, 5.41) is 13.0. The highest BCUT2D eigenvalue weighted by Crippen LogP contribution is 2.37. The van der Waals surface area contributed by atoms with Crippen LogP contribution in [-0.4, -0.2) is 10.1 Å².